The minimum atomic E-state index is -1.13. The van der Waals surface area contributed by atoms with Crippen molar-refractivity contribution in [2.24, 2.45) is 0 Å². The Morgan fingerprint density at radius 2 is 1.69 bits per heavy atom. The average Bonchev–Trinajstić information content (AvgIpc) is 3.00. The average molecular weight is 517 g/mol. The molecule has 0 aliphatic carbocycles. The van der Waals surface area contributed by atoms with E-state index in [2.05, 4.69) is 5.32 Å². The van der Waals surface area contributed by atoms with Crippen molar-refractivity contribution >= 4 is 46.6 Å². The predicted molar refractivity (Wildman–Crippen MR) is 133 cm³/mol. The van der Waals surface area contributed by atoms with Crippen LogP contribution in [0.4, 0.5) is 25.4 Å². The Morgan fingerprint density at radius 1 is 1.06 bits per heavy atom. The Labute approximate surface area is 212 Å². The van der Waals surface area contributed by atoms with Crippen molar-refractivity contribution < 1.29 is 19.2 Å². The van der Waals surface area contributed by atoms with Crippen molar-refractivity contribution in [2.75, 3.05) is 10.2 Å². The summed E-state index contributed by atoms with van der Waals surface area (Å²) in [5.41, 5.74) is 0.388. The van der Waals surface area contributed by atoms with Crippen molar-refractivity contribution in [2.45, 2.75) is 32.1 Å². The smallest absolute Gasteiger partial charge is 0.311 e. The van der Waals surface area contributed by atoms with Gasteiger partial charge in [-0.2, -0.15) is 5.06 Å². The monoisotopic (exact) mass is 516 g/mol. The largest absolute Gasteiger partial charge is 0.347 e. The molecule has 0 spiro atoms. The van der Waals surface area contributed by atoms with E-state index in [-0.39, 0.29) is 6.54 Å². The molecule has 7 nitrogen and oxygen atoms in total. The number of hydrogen-bond donors (Lipinski definition) is 2. The van der Waals surface area contributed by atoms with Crippen LogP contribution in [0.15, 0.2) is 72.8 Å². The number of benzene rings is 3. The van der Waals surface area contributed by atoms with Crippen LogP contribution in [0.25, 0.3) is 0 Å². The highest BCUT2D eigenvalue weighted by Gasteiger charge is 2.56. The van der Waals surface area contributed by atoms with Gasteiger partial charge in [0, 0.05) is 28.0 Å². The van der Waals surface area contributed by atoms with Crippen LogP contribution in [-0.2, 0) is 6.54 Å². The summed E-state index contributed by atoms with van der Waals surface area (Å²) in [6.45, 7) is 3.60. The van der Waals surface area contributed by atoms with E-state index in [1.165, 1.54) is 28.0 Å². The SMILES string of the molecule is CC1(C)[C@@H](N(O)C(=O)Nc2cccc(Cl)c2)N(c2cccc(Cl)c2)C(=O)N1Cc1ccc(F)cc1. The second-order valence-corrected chi connectivity index (χ2v) is 9.53. The maximum Gasteiger partial charge on any atom is 0.347 e. The third-order valence-electron chi connectivity index (χ3n) is 5.87. The molecule has 1 saturated heterocycles. The fourth-order valence-electron chi connectivity index (χ4n) is 4.12. The van der Waals surface area contributed by atoms with E-state index >= 15 is 0 Å². The lowest BCUT2D eigenvalue weighted by molar-refractivity contribution is -0.0954. The van der Waals surface area contributed by atoms with Crippen LogP contribution >= 0.6 is 23.2 Å². The molecule has 0 aromatic heterocycles. The summed E-state index contributed by atoms with van der Waals surface area (Å²) in [5.74, 6) is -0.390. The number of carbonyl (C=O) groups excluding carboxylic acids is 2. The molecule has 10 heteroatoms. The first-order chi connectivity index (χ1) is 16.6. The molecule has 1 aliphatic heterocycles. The first kappa shape index (κ1) is 24.8. The van der Waals surface area contributed by atoms with Gasteiger partial charge in [-0.1, -0.05) is 47.5 Å². The minimum absolute atomic E-state index is 0.128. The van der Waals surface area contributed by atoms with Gasteiger partial charge in [0.25, 0.3) is 0 Å². The molecular weight excluding hydrogens is 494 g/mol. The molecule has 182 valence electrons. The van der Waals surface area contributed by atoms with Gasteiger partial charge in [-0.15, -0.1) is 0 Å². The highest BCUT2D eigenvalue weighted by atomic mass is 35.5. The van der Waals surface area contributed by atoms with Crippen LogP contribution in [0.1, 0.15) is 19.4 Å². The molecular formula is C25H23Cl2FN4O3. The molecule has 4 amide bonds. The molecule has 3 aromatic rings. The zero-order chi connectivity index (χ0) is 25.3. The lowest BCUT2D eigenvalue weighted by Gasteiger charge is -2.38. The summed E-state index contributed by atoms with van der Waals surface area (Å²) in [4.78, 5) is 29.6. The van der Waals surface area contributed by atoms with Gasteiger partial charge in [0.1, 0.15) is 5.82 Å². The summed E-state index contributed by atoms with van der Waals surface area (Å²) in [6.07, 6.45) is -1.13. The molecule has 3 aromatic carbocycles. The Bertz CT molecular complexity index is 1260. The van der Waals surface area contributed by atoms with Gasteiger partial charge in [0.05, 0.1) is 5.54 Å². The molecule has 0 bridgehead atoms. The quantitative estimate of drug-likeness (QED) is 0.296. The molecule has 2 N–H and O–H groups in total. The number of anilines is 2. The number of hydrogen-bond acceptors (Lipinski definition) is 3. The van der Waals surface area contributed by atoms with E-state index in [1.54, 1.807) is 68.4 Å². The Kier molecular flexibility index (Phi) is 6.89. The lowest BCUT2D eigenvalue weighted by atomic mass is 9.99. The number of urea groups is 2. The van der Waals surface area contributed by atoms with Gasteiger partial charge >= 0.3 is 12.1 Å². The molecule has 1 heterocycles. The van der Waals surface area contributed by atoms with Gasteiger partial charge in [-0.3, -0.25) is 10.1 Å². The molecule has 1 fully saturated rings. The fourth-order valence-corrected chi connectivity index (χ4v) is 4.50. The van der Waals surface area contributed by atoms with E-state index in [0.717, 1.165) is 0 Å². The maximum absolute atomic E-state index is 13.7. The standard InChI is InChI=1S/C25H23Cl2FN4O3/c1-25(2)22(32(35)23(33)29-20-7-3-5-17(26)13-20)31(21-8-4-6-18(27)14-21)24(34)30(25)15-16-9-11-19(28)12-10-16/h3-14,22,35H,15H2,1-2H3,(H,29,33)/t22-/m1/s1. The van der Waals surface area contributed by atoms with Crippen molar-refractivity contribution in [3.05, 3.63) is 94.2 Å². The van der Waals surface area contributed by atoms with Gasteiger partial charge in [0.2, 0.25) is 0 Å². The Morgan fingerprint density at radius 3 is 2.31 bits per heavy atom. The van der Waals surface area contributed by atoms with Crippen LogP contribution in [0.2, 0.25) is 10.0 Å². The Balaban J connectivity index is 1.71. The first-order valence-corrected chi connectivity index (χ1v) is 11.5. The fraction of sp³-hybridized carbons (Fsp3) is 0.200. The van der Waals surface area contributed by atoms with E-state index in [1.807, 2.05) is 0 Å². The van der Waals surface area contributed by atoms with Gasteiger partial charge in [-0.25, -0.2) is 14.0 Å². The van der Waals surface area contributed by atoms with Crippen LogP contribution in [0.3, 0.4) is 0 Å². The second kappa shape index (κ2) is 9.73. The molecule has 1 atom stereocenters. The maximum atomic E-state index is 13.7. The summed E-state index contributed by atoms with van der Waals surface area (Å²) in [7, 11) is 0. The zero-order valence-electron chi connectivity index (χ0n) is 19.0. The second-order valence-electron chi connectivity index (χ2n) is 8.66. The summed E-state index contributed by atoms with van der Waals surface area (Å²) < 4.78 is 13.4. The number of hydroxylamine groups is 2. The third-order valence-corrected chi connectivity index (χ3v) is 6.34. The third kappa shape index (κ3) is 5.05. The van der Waals surface area contributed by atoms with Gasteiger partial charge in [-0.05, 0) is 67.9 Å². The number of nitrogens with zero attached hydrogens (tertiary/aromatic N) is 3. The molecule has 0 radical (unpaired) electrons. The highest BCUT2D eigenvalue weighted by molar-refractivity contribution is 6.31. The van der Waals surface area contributed by atoms with Crippen LogP contribution in [-0.4, -0.2) is 38.9 Å². The van der Waals surface area contributed by atoms with E-state index in [0.29, 0.717) is 32.0 Å². The van der Waals surface area contributed by atoms with Gasteiger partial charge in [0.15, 0.2) is 6.17 Å². The number of halogens is 3. The molecule has 35 heavy (non-hydrogen) atoms. The number of amides is 4. The van der Waals surface area contributed by atoms with E-state index < -0.39 is 29.6 Å². The van der Waals surface area contributed by atoms with Crippen molar-refractivity contribution in [3.8, 4) is 0 Å². The van der Waals surface area contributed by atoms with Crippen molar-refractivity contribution in [1.29, 1.82) is 0 Å². The molecule has 4 rings (SSSR count). The van der Waals surface area contributed by atoms with Gasteiger partial charge < -0.3 is 10.2 Å². The zero-order valence-corrected chi connectivity index (χ0v) is 20.5. The minimum Gasteiger partial charge on any atom is -0.311 e. The summed E-state index contributed by atoms with van der Waals surface area (Å²) >= 11 is 12.2. The summed E-state index contributed by atoms with van der Waals surface area (Å²) in [6, 6.07) is 17.5. The van der Waals surface area contributed by atoms with Crippen molar-refractivity contribution in [3.63, 3.8) is 0 Å². The first-order valence-electron chi connectivity index (χ1n) is 10.7. The number of rotatable bonds is 5. The summed E-state index contributed by atoms with van der Waals surface area (Å²) in [5, 5.41) is 15.0. The van der Waals surface area contributed by atoms with Crippen LogP contribution < -0.4 is 10.2 Å². The molecule has 1 aliphatic rings. The molecule has 0 saturated carbocycles. The normalized spacial score (nSPS) is 17.0. The number of nitrogens with one attached hydrogen (secondary N) is 1. The Hall–Kier alpha value is -3.33. The van der Waals surface area contributed by atoms with Crippen molar-refractivity contribution in [1.82, 2.24) is 9.96 Å². The topological polar surface area (TPSA) is 76.1 Å². The highest BCUT2D eigenvalue weighted by Crippen LogP contribution is 2.39. The number of carbonyl (C=O) groups is 2. The van der Waals surface area contributed by atoms with Crippen LogP contribution in [0.5, 0.6) is 0 Å². The van der Waals surface area contributed by atoms with Crippen LogP contribution in [0, 0.1) is 5.82 Å². The predicted octanol–water partition coefficient (Wildman–Crippen LogP) is 6.60. The van der Waals surface area contributed by atoms with E-state index in [4.69, 9.17) is 23.2 Å². The molecule has 0 unspecified atom stereocenters. The van der Waals surface area contributed by atoms with E-state index in [9.17, 15) is 19.2 Å². The lowest BCUT2D eigenvalue weighted by Crippen LogP contribution is -2.58.